The first-order chi connectivity index (χ1) is 9.91. The SMILES string of the molecule is CCN(c1cccc(C)c1)S(=O)(=O)c1c(CO)n[nH]c1C. The van der Waals surface area contributed by atoms with Gasteiger partial charge in [-0.05, 0) is 38.5 Å². The zero-order valence-electron chi connectivity index (χ0n) is 12.3. The molecule has 0 spiro atoms. The molecule has 0 bridgehead atoms. The smallest absolute Gasteiger partial charge is 0.268 e. The van der Waals surface area contributed by atoms with Crippen molar-refractivity contribution in [3.8, 4) is 0 Å². The third-order valence-electron chi connectivity index (χ3n) is 3.24. The molecule has 0 saturated heterocycles. The van der Waals surface area contributed by atoms with E-state index in [0.29, 0.717) is 17.9 Å². The van der Waals surface area contributed by atoms with Gasteiger partial charge in [0.2, 0.25) is 0 Å². The maximum absolute atomic E-state index is 12.9. The molecule has 0 atom stereocenters. The number of aliphatic hydroxyl groups excluding tert-OH is 1. The second kappa shape index (κ2) is 5.87. The van der Waals surface area contributed by atoms with Crippen molar-refractivity contribution in [3.05, 3.63) is 41.2 Å². The molecule has 6 nitrogen and oxygen atoms in total. The third-order valence-corrected chi connectivity index (χ3v) is 5.34. The summed E-state index contributed by atoms with van der Waals surface area (Å²) in [5, 5.41) is 15.8. The Morgan fingerprint density at radius 2 is 2.05 bits per heavy atom. The first-order valence-corrected chi connectivity index (χ1v) is 8.10. The highest BCUT2D eigenvalue weighted by Crippen LogP contribution is 2.27. The molecule has 0 aliphatic carbocycles. The van der Waals surface area contributed by atoms with Gasteiger partial charge in [-0.1, -0.05) is 12.1 Å². The summed E-state index contributed by atoms with van der Waals surface area (Å²) < 4.78 is 27.1. The molecule has 2 N–H and O–H groups in total. The number of rotatable bonds is 5. The van der Waals surface area contributed by atoms with E-state index in [-0.39, 0.29) is 10.6 Å². The van der Waals surface area contributed by atoms with E-state index >= 15 is 0 Å². The number of aromatic nitrogens is 2. The molecule has 0 amide bonds. The number of aromatic amines is 1. The first kappa shape index (κ1) is 15.5. The molecule has 0 unspecified atom stereocenters. The zero-order chi connectivity index (χ0) is 15.6. The van der Waals surface area contributed by atoms with E-state index < -0.39 is 16.6 Å². The van der Waals surface area contributed by atoms with Gasteiger partial charge in [0, 0.05) is 6.54 Å². The van der Waals surface area contributed by atoms with Crippen molar-refractivity contribution in [3.63, 3.8) is 0 Å². The van der Waals surface area contributed by atoms with Crippen molar-refractivity contribution in [1.29, 1.82) is 0 Å². The molecule has 1 aromatic carbocycles. The minimum atomic E-state index is -3.77. The van der Waals surface area contributed by atoms with Crippen molar-refractivity contribution >= 4 is 15.7 Å². The van der Waals surface area contributed by atoms with Crippen LogP contribution >= 0.6 is 0 Å². The number of H-pyrrole nitrogens is 1. The van der Waals surface area contributed by atoms with Crippen LogP contribution in [-0.4, -0.2) is 30.3 Å². The standard InChI is InChI=1S/C14H19N3O3S/c1-4-17(12-7-5-6-10(2)8-12)21(19,20)14-11(3)15-16-13(14)9-18/h5-8,18H,4,9H2,1-3H3,(H,15,16). The number of nitrogens with zero attached hydrogens (tertiary/aromatic N) is 2. The number of hydrogen-bond acceptors (Lipinski definition) is 4. The lowest BCUT2D eigenvalue weighted by Gasteiger charge is -2.23. The van der Waals surface area contributed by atoms with Gasteiger partial charge in [-0.25, -0.2) is 8.42 Å². The van der Waals surface area contributed by atoms with Crippen LogP contribution in [0.2, 0.25) is 0 Å². The second-order valence-corrected chi connectivity index (χ2v) is 6.59. The minimum Gasteiger partial charge on any atom is -0.390 e. The van der Waals surface area contributed by atoms with Crippen molar-refractivity contribution < 1.29 is 13.5 Å². The molecular weight excluding hydrogens is 290 g/mol. The Morgan fingerprint density at radius 3 is 2.62 bits per heavy atom. The average Bonchev–Trinajstić information content (AvgIpc) is 2.81. The highest BCUT2D eigenvalue weighted by molar-refractivity contribution is 7.93. The van der Waals surface area contributed by atoms with E-state index in [4.69, 9.17) is 0 Å². The van der Waals surface area contributed by atoms with Crippen LogP contribution in [0.3, 0.4) is 0 Å². The van der Waals surface area contributed by atoms with E-state index in [1.165, 1.54) is 4.31 Å². The summed E-state index contributed by atoms with van der Waals surface area (Å²) >= 11 is 0. The predicted molar refractivity (Wildman–Crippen MR) is 80.6 cm³/mol. The highest BCUT2D eigenvalue weighted by Gasteiger charge is 2.30. The lowest BCUT2D eigenvalue weighted by Crippen LogP contribution is -2.31. The lowest BCUT2D eigenvalue weighted by molar-refractivity contribution is 0.273. The number of hydrogen-bond donors (Lipinski definition) is 2. The number of aliphatic hydroxyl groups is 1. The van der Waals surface area contributed by atoms with Gasteiger partial charge in [0.05, 0.1) is 18.0 Å². The fourth-order valence-electron chi connectivity index (χ4n) is 2.30. The van der Waals surface area contributed by atoms with Crippen molar-refractivity contribution in [2.24, 2.45) is 0 Å². The monoisotopic (exact) mass is 309 g/mol. The summed E-state index contributed by atoms with van der Waals surface area (Å²) in [4.78, 5) is 0.0494. The Balaban J connectivity index is 2.57. The summed E-state index contributed by atoms with van der Waals surface area (Å²) in [5.74, 6) is 0. The molecule has 0 fully saturated rings. The van der Waals surface area contributed by atoms with Crippen LogP contribution in [0.1, 0.15) is 23.9 Å². The van der Waals surface area contributed by atoms with Crippen LogP contribution < -0.4 is 4.31 Å². The van der Waals surface area contributed by atoms with E-state index in [1.807, 2.05) is 25.1 Å². The molecule has 114 valence electrons. The maximum Gasteiger partial charge on any atom is 0.268 e. The van der Waals surface area contributed by atoms with Crippen molar-refractivity contribution in [2.45, 2.75) is 32.3 Å². The Bertz CT molecular complexity index is 738. The van der Waals surface area contributed by atoms with Crippen molar-refractivity contribution in [2.75, 3.05) is 10.8 Å². The molecule has 2 rings (SSSR count). The number of aryl methyl sites for hydroxylation is 2. The first-order valence-electron chi connectivity index (χ1n) is 6.66. The summed E-state index contributed by atoms with van der Waals surface area (Å²) in [6.45, 7) is 5.18. The van der Waals surface area contributed by atoms with E-state index in [1.54, 1.807) is 19.9 Å². The van der Waals surface area contributed by atoms with E-state index in [9.17, 15) is 13.5 Å². The molecule has 0 saturated carbocycles. The molecule has 0 aliphatic rings. The normalized spacial score (nSPS) is 11.6. The summed E-state index contributed by atoms with van der Waals surface area (Å²) in [6.07, 6.45) is 0. The number of anilines is 1. The van der Waals surface area contributed by atoms with E-state index in [0.717, 1.165) is 5.56 Å². The molecule has 0 radical (unpaired) electrons. The van der Waals surface area contributed by atoms with Gasteiger partial charge in [0.1, 0.15) is 10.6 Å². The minimum absolute atomic E-state index is 0.0494. The van der Waals surface area contributed by atoms with Crippen LogP contribution in [-0.2, 0) is 16.6 Å². The number of nitrogens with one attached hydrogen (secondary N) is 1. The van der Waals surface area contributed by atoms with Gasteiger partial charge in [0.25, 0.3) is 10.0 Å². The van der Waals surface area contributed by atoms with Crippen LogP contribution in [0.4, 0.5) is 5.69 Å². The van der Waals surface area contributed by atoms with Gasteiger partial charge >= 0.3 is 0 Å². The van der Waals surface area contributed by atoms with Crippen LogP contribution in [0.15, 0.2) is 29.2 Å². The van der Waals surface area contributed by atoms with Gasteiger partial charge in [-0.2, -0.15) is 5.10 Å². The molecule has 1 aromatic heterocycles. The lowest BCUT2D eigenvalue weighted by atomic mass is 10.2. The van der Waals surface area contributed by atoms with Crippen LogP contribution in [0.25, 0.3) is 0 Å². The summed E-state index contributed by atoms with van der Waals surface area (Å²) in [5.41, 5.74) is 2.14. The molecule has 21 heavy (non-hydrogen) atoms. The third kappa shape index (κ3) is 2.79. The molecule has 7 heteroatoms. The largest absolute Gasteiger partial charge is 0.390 e. The van der Waals surface area contributed by atoms with Crippen LogP contribution in [0.5, 0.6) is 0 Å². The summed E-state index contributed by atoms with van der Waals surface area (Å²) in [6, 6.07) is 7.29. The quantitative estimate of drug-likeness (QED) is 0.880. The molecular formula is C14H19N3O3S. The number of benzene rings is 1. The highest BCUT2D eigenvalue weighted by atomic mass is 32.2. The Morgan fingerprint density at radius 1 is 1.33 bits per heavy atom. The summed E-state index contributed by atoms with van der Waals surface area (Å²) in [7, 11) is -3.77. The second-order valence-electron chi connectivity index (χ2n) is 4.79. The van der Waals surface area contributed by atoms with Gasteiger partial charge in [-0.3, -0.25) is 9.40 Å². The van der Waals surface area contributed by atoms with E-state index in [2.05, 4.69) is 10.2 Å². The fourth-order valence-corrected chi connectivity index (χ4v) is 4.10. The van der Waals surface area contributed by atoms with Gasteiger partial charge in [-0.15, -0.1) is 0 Å². The number of sulfonamides is 1. The Hall–Kier alpha value is -1.86. The predicted octanol–water partition coefficient (Wildman–Crippen LogP) is 1.73. The molecule has 1 heterocycles. The van der Waals surface area contributed by atoms with Gasteiger partial charge < -0.3 is 5.11 Å². The maximum atomic E-state index is 12.9. The molecule has 0 aliphatic heterocycles. The topological polar surface area (TPSA) is 86.3 Å². The Labute approximate surface area is 124 Å². The fraction of sp³-hybridized carbons (Fsp3) is 0.357. The molecule has 2 aromatic rings. The van der Waals surface area contributed by atoms with Crippen LogP contribution in [0, 0.1) is 13.8 Å². The average molecular weight is 309 g/mol. The Kier molecular flexibility index (Phi) is 4.34. The zero-order valence-corrected chi connectivity index (χ0v) is 13.1. The van der Waals surface area contributed by atoms with Gasteiger partial charge in [0.15, 0.2) is 0 Å². The van der Waals surface area contributed by atoms with Crippen molar-refractivity contribution in [1.82, 2.24) is 10.2 Å².